The molecule has 1 unspecified atom stereocenters. The Kier molecular flexibility index (Phi) is 6.07. The molecule has 1 aromatic heterocycles. The minimum absolute atomic E-state index is 0.112. The van der Waals surface area contributed by atoms with Crippen LogP contribution in [0.1, 0.15) is 68.5 Å². The van der Waals surface area contributed by atoms with Crippen molar-refractivity contribution in [2.24, 2.45) is 5.92 Å². The molecule has 0 aliphatic heterocycles. The number of hydrogen-bond acceptors (Lipinski definition) is 5. The van der Waals surface area contributed by atoms with Gasteiger partial charge < -0.3 is 9.47 Å². The molecule has 5 heteroatoms. The van der Waals surface area contributed by atoms with Gasteiger partial charge in [0.1, 0.15) is 6.10 Å². The lowest BCUT2D eigenvalue weighted by molar-refractivity contribution is 0.0514. The van der Waals surface area contributed by atoms with E-state index >= 15 is 0 Å². The maximum atomic E-state index is 11.9. The molecule has 0 saturated heterocycles. The molecule has 20 heavy (non-hydrogen) atoms. The largest absolute Gasteiger partial charge is 0.462 e. The molecule has 1 atom stereocenters. The number of ether oxygens (including phenoxy) is 2. The molecular weight excluding hydrogens is 256 g/mol. The summed E-state index contributed by atoms with van der Waals surface area (Å²) < 4.78 is 10.5. The average Bonchev–Trinajstić information content (AvgIpc) is 2.39. The van der Waals surface area contributed by atoms with Crippen molar-refractivity contribution in [3.8, 4) is 0 Å². The predicted octanol–water partition coefficient (Wildman–Crippen LogP) is 3.12. The van der Waals surface area contributed by atoms with E-state index in [-0.39, 0.29) is 23.9 Å². The van der Waals surface area contributed by atoms with E-state index in [2.05, 4.69) is 9.97 Å². The number of hydrogen-bond donors (Lipinski definition) is 0. The first-order valence-corrected chi connectivity index (χ1v) is 6.99. The predicted molar refractivity (Wildman–Crippen MR) is 76.7 cm³/mol. The van der Waals surface area contributed by atoms with Crippen molar-refractivity contribution in [3.63, 3.8) is 0 Å². The Bertz CT molecular complexity index is 458. The Morgan fingerprint density at radius 3 is 2.40 bits per heavy atom. The van der Waals surface area contributed by atoms with Gasteiger partial charge in [-0.25, -0.2) is 14.8 Å². The van der Waals surface area contributed by atoms with Crippen LogP contribution in [0.2, 0.25) is 0 Å². The van der Waals surface area contributed by atoms with Crippen LogP contribution in [0, 0.1) is 5.92 Å². The highest BCUT2D eigenvalue weighted by molar-refractivity contribution is 5.90. The summed E-state index contributed by atoms with van der Waals surface area (Å²) in [5.74, 6) is 0.606. The van der Waals surface area contributed by atoms with Crippen molar-refractivity contribution in [1.29, 1.82) is 0 Å². The second-order valence-corrected chi connectivity index (χ2v) is 5.30. The van der Waals surface area contributed by atoms with Gasteiger partial charge in [0.15, 0.2) is 5.82 Å². The van der Waals surface area contributed by atoms with Crippen molar-refractivity contribution in [2.45, 2.75) is 46.6 Å². The Morgan fingerprint density at radius 1 is 1.30 bits per heavy atom. The second-order valence-electron chi connectivity index (χ2n) is 5.30. The van der Waals surface area contributed by atoms with Crippen LogP contribution in [0.15, 0.2) is 6.20 Å². The summed E-state index contributed by atoms with van der Waals surface area (Å²) in [7, 11) is 1.64. The minimum Gasteiger partial charge on any atom is -0.462 e. The van der Waals surface area contributed by atoms with Crippen molar-refractivity contribution in [3.05, 3.63) is 23.3 Å². The van der Waals surface area contributed by atoms with Crippen LogP contribution in [-0.4, -0.2) is 29.7 Å². The van der Waals surface area contributed by atoms with Gasteiger partial charge >= 0.3 is 5.97 Å². The number of aromatic nitrogens is 2. The summed E-state index contributed by atoms with van der Waals surface area (Å²) in [6.45, 7) is 10.2. The quantitative estimate of drug-likeness (QED) is 0.749. The first kappa shape index (κ1) is 16.6. The summed E-state index contributed by atoms with van der Waals surface area (Å²) in [6.07, 6.45) is 1.37. The van der Waals surface area contributed by atoms with Crippen molar-refractivity contribution in [1.82, 2.24) is 9.97 Å². The van der Waals surface area contributed by atoms with Gasteiger partial charge in [-0.1, -0.05) is 27.7 Å². The van der Waals surface area contributed by atoms with E-state index < -0.39 is 0 Å². The molecule has 5 nitrogen and oxygen atoms in total. The van der Waals surface area contributed by atoms with E-state index in [1.54, 1.807) is 20.2 Å². The summed E-state index contributed by atoms with van der Waals surface area (Å²) in [5, 5.41) is 0. The Labute approximate surface area is 120 Å². The molecule has 0 aliphatic rings. The number of methoxy groups -OCH3 is 1. The highest BCUT2D eigenvalue weighted by Gasteiger charge is 2.23. The van der Waals surface area contributed by atoms with Crippen molar-refractivity contribution in [2.75, 3.05) is 13.7 Å². The Balaban J connectivity index is 3.22. The van der Waals surface area contributed by atoms with E-state index in [1.165, 1.54) is 0 Å². The summed E-state index contributed by atoms with van der Waals surface area (Å²) in [4.78, 5) is 20.7. The van der Waals surface area contributed by atoms with E-state index in [9.17, 15) is 4.79 Å². The third-order valence-corrected chi connectivity index (χ3v) is 2.99. The molecule has 0 radical (unpaired) electrons. The molecule has 1 rings (SSSR count). The average molecular weight is 280 g/mol. The molecule has 1 heterocycles. The maximum Gasteiger partial charge on any atom is 0.341 e. The lowest BCUT2D eigenvalue weighted by atomic mass is 10.0. The van der Waals surface area contributed by atoms with Crippen LogP contribution in [0.3, 0.4) is 0 Å². The molecule has 112 valence electrons. The number of carbonyl (C=O) groups excluding carboxylic acids is 1. The minimum atomic E-state index is -0.374. The van der Waals surface area contributed by atoms with Gasteiger partial charge in [0.05, 0.1) is 17.9 Å². The lowest BCUT2D eigenvalue weighted by Crippen LogP contribution is -2.18. The number of rotatable bonds is 6. The van der Waals surface area contributed by atoms with E-state index in [0.717, 1.165) is 0 Å². The molecule has 0 N–H and O–H groups in total. The molecule has 0 bridgehead atoms. The van der Waals surface area contributed by atoms with Gasteiger partial charge in [-0.15, -0.1) is 0 Å². The molecule has 0 aliphatic carbocycles. The zero-order valence-electron chi connectivity index (χ0n) is 13.1. The van der Waals surface area contributed by atoms with Crippen LogP contribution >= 0.6 is 0 Å². The topological polar surface area (TPSA) is 61.3 Å². The molecular formula is C15H24N2O3. The first-order chi connectivity index (χ1) is 9.42. The van der Waals surface area contributed by atoms with E-state index in [1.807, 2.05) is 27.7 Å². The summed E-state index contributed by atoms with van der Waals surface area (Å²) in [5.41, 5.74) is 1.14. The van der Waals surface area contributed by atoms with Crippen LogP contribution in [-0.2, 0) is 9.47 Å². The first-order valence-electron chi connectivity index (χ1n) is 6.99. The van der Waals surface area contributed by atoms with Gasteiger partial charge in [0.2, 0.25) is 0 Å². The fraction of sp³-hybridized carbons (Fsp3) is 0.667. The fourth-order valence-electron chi connectivity index (χ4n) is 2.03. The smallest absolute Gasteiger partial charge is 0.341 e. The molecule has 0 aromatic carbocycles. The monoisotopic (exact) mass is 280 g/mol. The van der Waals surface area contributed by atoms with E-state index in [0.29, 0.717) is 23.7 Å². The third-order valence-electron chi connectivity index (χ3n) is 2.99. The SMILES string of the molecule is CCOC(=O)c1cnc(C(OC)C(C)C)nc1C(C)C. The molecule has 0 amide bonds. The Hall–Kier alpha value is -1.49. The second kappa shape index (κ2) is 7.33. The summed E-state index contributed by atoms with van der Waals surface area (Å²) >= 11 is 0. The lowest BCUT2D eigenvalue weighted by Gasteiger charge is -2.19. The molecule has 0 spiro atoms. The zero-order valence-corrected chi connectivity index (χ0v) is 13.1. The van der Waals surface area contributed by atoms with Gasteiger partial charge in [-0.3, -0.25) is 0 Å². The molecule has 0 saturated carbocycles. The van der Waals surface area contributed by atoms with E-state index in [4.69, 9.17) is 9.47 Å². The molecule has 0 fully saturated rings. The number of nitrogens with zero attached hydrogens (tertiary/aromatic N) is 2. The fourth-order valence-corrected chi connectivity index (χ4v) is 2.03. The van der Waals surface area contributed by atoms with Crippen LogP contribution in [0.5, 0.6) is 0 Å². The highest BCUT2D eigenvalue weighted by Crippen LogP contribution is 2.25. The van der Waals surface area contributed by atoms with Gasteiger partial charge in [-0.2, -0.15) is 0 Å². The van der Waals surface area contributed by atoms with Crippen molar-refractivity contribution < 1.29 is 14.3 Å². The standard InChI is InChI=1S/C15H24N2O3/c1-7-20-15(18)11-8-16-14(13(19-6)10(4)5)17-12(11)9(2)3/h8-10,13H,7H2,1-6H3. The maximum absolute atomic E-state index is 11.9. The van der Waals surface area contributed by atoms with Gasteiger partial charge in [0, 0.05) is 13.3 Å². The van der Waals surface area contributed by atoms with Crippen LogP contribution in [0.25, 0.3) is 0 Å². The van der Waals surface area contributed by atoms with Crippen molar-refractivity contribution >= 4 is 5.97 Å². The van der Waals surface area contributed by atoms with Crippen LogP contribution in [0.4, 0.5) is 0 Å². The molecule has 1 aromatic rings. The highest BCUT2D eigenvalue weighted by atomic mass is 16.5. The Morgan fingerprint density at radius 2 is 1.95 bits per heavy atom. The third kappa shape index (κ3) is 3.76. The van der Waals surface area contributed by atoms with Crippen LogP contribution < -0.4 is 0 Å². The number of esters is 1. The zero-order chi connectivity index (χ0) is 15.3. The van der Waals surface area contributed by atoms with Gasteiger partial charge in [0.25, 0.3) is 0 Å². The van der Waals surface area contributed by atoms with Gasteiger partial charge in [-0.05, 0) is 18.8 Å². The number of carbonyl (C=O) groups is 1. The summed E-state index contributed by atoms with van der Waals surface area (Å²) in [6, 6.07) is 0. The normalized spacial score (nSPS) is 12.8.